The van der Waals surface area contributed by atoms with Crippen molar-refractivity contribution in [2.45, 2.75) is 0 Å². The summed E-state index contributed by atoms with van der Waals surface area (Å²) in [6, 6.07) is 58.0. The van der Waals surface area contributed by atoms with Gasteiger partial charge in [0.05, 0.1) is 80.0 Å². The summed E-state index contributed by atoms with van der Waals surface area (Å²) in [5.74, 6) is 0. The molecule has 0 saturated heterocycles. The Kier molecular flexibility index (Phi) is 8.23. The molecule has 10 rings (SSSR count). The lowest BCUT2D eigenvalue weighted by Gasteiger charge is -2.19. The van der Waals surface area contributed by atoms with Crippen LogP contribution < -0.4 is 0 Å². The highest BCUT2D eigenvalue weighted by Crippen LogP contribution is 2.42. The number of para-hydroxylation sites is 2. The summed E-state index contributed by atoms with van der Waals surface area (Å²) in [5.41, 5.74) is 11.5. The highest BCUT2D eigenvalue weighted by molar-refractivity contribution is 6.12. The van der Waals surface area contributed by atoms with E-state index in [0.29, 0.717) is 50.3 Å². The summed E-state index contributed by atoms with van der Waals surface area (Å²) in [6.45, 7) is 0. The summed E-state index contributed by atoms with van der Waals surface area (Å²) in [5, 5.41) is 54.7. The number of hydrogen-bond donors (Lipinski definition) is 0. The van der Waals surface area contributed by atoms with Gasteiger partial charge in [-0.1, -0.05) is 78.9 Å². The fraction of sp³-hybridized carbons (Fsp3) is 0. The van der Waals surface area contributed by atoms with Gasteiger partial charge in [0.25, 0.3) is 0 Å². The number of rotatable bonds is 5. The zero-order valence-corrected chi connectivity index (χ0v) is 31.6. The third-order valence-corrected chi connectivity index (χ3v) is 11.2. The van der Waals surface area contributed by atoms with E-state index in [1.807, 2.05) is 103 Å². The topological polar surface area (TPSA) is 142 Å². The standard InChI is InChI=1S/C52H26N8/c53-26-32-11-15-40(38(20-32)28-55)34-13-17-44-42-7-1-3-9-47(42)59(49(44)22-34)51-24-37(36-6-5-19-58-31-36)25-52(46(51)30-57)60-48-10-4-2-8-43(48)45-18-14-35(23-50(45)60)41-16-12-33(27-54)21-39(41)29-56/h1-25,31H. The molecule has 7 aromatic carbocycles. The van der Waals surface area contributed by atoms with Gasteiger partial charge >= 0.3 is 0 Å². The lowest BCUT2D eigenvalue weighted by molar-refractivity contribution is 1.12. The molecule has 10 aromatic rings. The maximum Gasteiger partial charge on any atom is 0.104 e. The van der Waals surface area contributed by atoms with Crippen molar-refractivity contribution in [3.63, 3.8) is 0 Å². The molecule has 0 aliphatic heterocycles. The molecule has 8 heteroatoms. The molecule has 0 radical (unpaired) electrons. The Balaban J connectivity index is 1.32. The van der Waals surface area contributed by atoms with Gasteiger partial charge in [-0.3, -0.25) is 4.98 Å². The van der Waals surface area contributed by atoms with Gasteiger partial charge in [0.2, 0.25) is 0 Å². The van der Waals surface area contributed by atoms with Gasteiger partial charge < -0.3 is 9.13 Å². The van der Waals surface area contributed by atoms with Crippen molar-refractivity contribution >= 4 is 43.6 Å². The van der Waals surface area contributed by atoms with Crippen LogP contribution in [0.5, 0.6) is 0 Å². The molecule has 0 bridgehead atoms. The molecule has 3 aromatic heterocycles. The van der Waals surface area contributed by atoms with Crippen LogP contribution in [-0.2, 0) is 0 Å². The molecule has 274 valence electrons. The molecule has 0 amide bonds. The number of aromatic nitrogens is 3. The van der Waals surface area contributed by atoms with Crippen LogP contribution in [0.25, 0.3) is 88.4 Å². The second-order valence-corrected chi connectivity index (χ2v) is 14.4. The smallest absolute Gasteiger partial charge is 0.104 e. The summed E-state index contributed by atoms with van der Waals surface area (Å²) < 4.78 is 4.25. The molecular formula is C52H26N8. The number of benzene rings is 7. The van der Waals surface area contributed by atoms with E-state index in [-0.39, 0.29) is 0 Å². The zero-order chi connectivity index (χ0) is 40.9. The SMILES string of the molecule is N#Cc1ccc(-c2ccc3c4ccccc4n(-c4cc(-c5cccnc5)cc(-n5c6ccccc6c6ccc(-c7ccc(C#N)cc7C#N)cc65)c4C#N)c3c2)c(C#N)c1. The van der Waals surface area contributed by atoms with Crippen molar-refractivity contribution < 1.29 is 0 Å². The van der Waals surface area contributed by atoms with Gasteiger partial charge in [0, 0.05) is 39.5 Å². The summed E-state index contributed by atoms with van der Waals surface area (Å²) in [7, 11) is 0. The predicted octanol–water partition coefficient (Wildman–Crippen LogP) is 11.6. The molecule has 0 unspecified atom stereocenters. The van der Waals surface area contributed by atoms with Crippen LogP contribution in [0.2, 0.25) is 0 Å². The number of hydrogen-bond acceptors (Lipinski definition) is 6. The van der Waals surface area contributed by atoms with Gasteiger partial charge in [-0.2, -0.15) is 26.3 Å². The zero-order valence-electron chi connectivity index (χ0n) is 31.6. The molecule has 0 spiro atoms. The van der Waals surface area contributed by atoms with Gasteiger partial charge in [-0.25, -0.2) is 0 Å². The predicted molar refractivity (Wildman–Crippen MR) is 233 cm³/mol. The molecule has 8 nitrogen and oxygen atoms in total. The van der Waals surface area contributed by atoms with E-state index in [0.717, 1.165) is 65.9 Å². The van der Waals surface area contributed by atoms with Crippen LogP contribution in [0.3, 0.4) is 0 Å². The Morgan fingerprint density at radius 1 is 0.383 bits per heavy atom. The van der Waals surface area contributed by atoms with Crippen molar-refractivity contribution in [3.05, 3.63) is 186 Å². The lowest BCUT2D eigenvalue weighted by Crippen LogP contribution is -2.05. The van der Waals surface area contributed by atoms with Crippen molar-refractivity contribution in [3.8, 4) is 75.1 Å². The van der Waals surface area contributed by atoms with Crippen molar-refractivity contribution in [1.29, 1.82) is 26.3 Å². The molecule has 3 heterocycles. The largest absolute Gasteiger partial charge is 0.308 e. The van der Waals surface area contributed by atoms with Crippen molar-refractivity contribution in [2.75, 3.05) is 0 Å². The number of pyridine rings is 1. The van der Waals surface area contributed by atoms with Gasteiger partial charge in [-0.05, 0) is 94.5 Å². The minimum absolute atomic E-state index is 0.392. The molecule has 0 saturated carbocycles. The average Bonchev–Trinajstić information content (AvgIpc) is 3.82. The van der Waals surface area contributed by atoms with Crippen LogP contribution in [0.1, 0.15) is 27.8 Å². The fourth-order valence-electron chi connectivity index (χ4n) is 8.49. The maximum atomic E-state index is 11.4. The maximum absolute atomic E-state index is 11.4. The molecule has 0 aliphatic carbocycles. The monoisotopic (exact) mass is 762 g/mol. The Bertz CT molecular complexity index is 3450. The van der Waals surface area contributed by atoms with Crippen LogP contribution in [-0.4, -0.2) is 14.1 Å². The van der Waals surface area contributed by atoms with Crippen LogP contribution in [0.15, 0.2) is 158 Å². The first kappa shape index (κ1) is 35.2. The van der Waals surface area contributed by atoms with Crippen LogP contribution >= 0.6 is 0 Å². The van der Waals surface area contributed by atoms with E-state index in [2.05, 4.69) is 56.6 Å². The Morgan fingerprint density at radius 3 is 1.33 bits per heavy atom. The number of nitrogens with zero attached hydrogens (tertiary/aromatic N) is 8. The Morgan fingerprint density at radius 2 is 0.883 bits per heavy atom. The minimum atomic E-state index is 0.392. The van der Waals surface area contributed by atoms with E-state index < -0.39 is 0 Å². The molecular weight excluding hydrogens is 737 g/mol. The minimum Gasteiger partial charge on any atom is -0.308 e. The molecule has 60 heavy (non-hydrogen) atoms. The van der Waals surface area contributed by atoms with Gasteiger partial charge in [0.15, 0.2) is 0 Å². The molecule has 0 fully saturated rings. The molecule has 0 N–H and O–H groups in total. The van der Waals surface area contributed by atoms with E-state index in [1.54, 1.807) is 42.6 Å². The molecule has 0 aliphatic rings. The highest BCUT2D eigenvalue weighted by atomic mass is 15.0. The third kappa shape index (κ3) is 5.45. The molecule has 0 atom stereocenters. The van der Waals surface area contributed by atoms with Crippen LogP contribution in [0.4, 0.5) is 0 Å². The summed E-state index contributed by atoms with van der Waals surface area (Å²) >= 11 is 0. The van der Waals surface area contributed by atoms with E-state index in [9.17, 15) is 26.3 Å². The normalized spacial score (nSPS) is 10.9. The van der Waals surface area contributed by atoms with Crippen molar-refractivity contribution in [2.24, 2.45) is 0 Å². The summed E-state index contributed by atoms with van der Waals surface area (Å²) in [6.07, 6.45) is 3.54. The summed E-state index contributed by atoms with van der Waals surface area (Å²) in [4.78, 5) is 4.46. The van der Waals surface area contributed by atoms with E-state index in [1.165, 1.54) is 0 Å². The van der Waals surface area contributed by atoms with Crippen molar-refractivity contribution in [1.82, 2.24) is 14.1 Å². The first-order chi connectivity index (χ1) is 29.5. The fourth-order valence-corrected chi connectivity index (χ4v) is 8.49. The first-order valence-electron chi connectivity index (χ1n) is 19.0. The lowest BCUT2D eigenvalue weighted by atomic mass is 9.97. The third-order valence-electron chi connectivity index (χ3n) is 11.2. The van der Waals surface area contributed by atoms with Crippen LogP contribution in [0, 0.1) is 56.7 Å². The van der Waals surface area contributed by atoms with Gasteiger partial charge in [-0.15, -0.1) is 0 Å². The average molecular weight is 763 g/mol. The highest BCUT2D eigenvalue weighted by Gasteiger charge is 2.23. The Labute approximate surface area is 343 Å². The number of nitriles is 5. The second-order valence-electron chi connectivity index (χ2n) is 14.4. The number of fused-ring (bicyclic) bond motifs is 6. The van der Waals surface area contributed by atoms with Gasteiger partial charge in [0.1, 0.15) is 11.6 Å². The quantitative estimate of drug-likeness (QED) is 0.171. The van der Waals surface area contributed by atoms with E-state index in [4.69, 9.17) is 0 Å². The first-order valence-corrected chi connectivity index (χ1v) is 19.0. The Hall–Kier alpha value is -9.26. The van der Waals surface area contributed by atoms with E-state index >= 15 is 0 Å². The second kappa shape index (κ2) is 14.0.